The highest BCUT2D eigenvalue weighted by molar-refractivity contribution is 7.99. The van der Waals surface area contributed by atoms with Gasteiger partial charge in [0.05, 0.1) is 6.10 Å². The van der Waals surface area contributed by atoms with Crippen LogP contribution in [0.25, 0.3) is 0 Å². The Hall–Kier alpha value is 0.270. The number of rotatable bonds is 3. The standard InChI is InChI=1S/C11H21NOS/c1-8-6-14-7-11(8)12-9-3-4-10(5-9)13-2/h8-12H,3-7H2,1-2H3. The minimum Gasteiger partial charge on any atom is -0.381 e. The van der Waals surface area contributed by atoms with Gasteiger partial charge >= 0.3 is 0 Å². The van der Waals surface area contributed by atoms with Gasteiger partial charge in [-0.3, -0.25) is 0 Å². The van der Waals surface area contributed by atoms with Crippen LogP contribution >= 0.6 is 11.8 Å². The molecule has 82 valence electrons. The molecular formula is C11H21NOS. The van der Waals surface area contributed by atoms with E-state index in [4.69, 9.17) is 4.74 Å². The maximum atomic E-state index is 5.39. The lowest BCUT2D eigenvalue weighted by molar-refractivity contribution is 0.106. The van der Waals surface area contributed by atoms with Gasteiger partial charge in [0.1, 0.15) is 0 Å². The molecular weight excluding hydrogens is 194 g/mol. The van der Waals surface area contributed by atoms with Crippen molar-refractivity contribution in [3.63, 3.8) is 0 Å². The predicted octanol–water partition coefficient (Wildman–Crippen LogP) is 1.90. The molecule has 2 rings (SSSR count). The number of hydrogen-bond acceptors (Lipinski definition) is 3. The van der Waals surface area contributed by atoms with E-state index in [1.807, 2.05) is 7.11 Å². The summed E-state index contributed by atoms with van der Waals surface area (Å²) in [6.07, 6.45) is 4.26. The zero-order chi connectivity index (χ0) is 9.97. The summed E-state index contributed by atoms with van der Waals surface area (Å²) in [5.74, 6) is 3.48. The lowest BCUT2D eigenvalue weighted by Gasteiger charge is -2.21. The highest BCUT2D eigenvalue weighted by Crippen LogP contribution is 2.27. The third-order valence-corrected chi connectivity index (χ3v) is 4.89. The molecule has 1 aliphatic carbocycles. The van der Waals surface area contributed by atoms with Crippen LogP contribution in [0.3, 0.4) is 0 Å². The predicted molar refractivity (Wildman–Crippen MR) is 61.8 cm³/mol. The Morgan fingerprint density at radius 3 is 2.71 bits per heavy atom. The van der Waals surface area contributed by atoms with Gasteiger partial charge in [0, 0.05) is 24.9 Å². The third-order valence-electron chi connectivity index (χ3n) is 3.53. The van der Waals surface area contributed by atoms with E-state index in [-0.39, 0.29) is 0 Å². The largest absolute Gasteiger partial charge is 0.381 e. The molecule has 4 unspecified atom stereocenters. The highest BCUT2D eigenvalue weighted by atomic mass is 32.2. The smallest absolute Gasteiger partial charge is 0.0586 e. The van der Waals surface area contributed by atoms with Crippen LogP contribution in [0.1, 0.15) is 26.2 Å². The van der Waals surface area contributed by atoms with E-state index >= 15 is 0 Å². The van der Waals surface area contributed by atoms with E-state index in [0.717, 1.165) is 12.0 Å². The first kappa shape index (κ1) is 10.8. The average molecular weight is 215 g/mol. The fourth-order valence-electron chi connectivity index (χ4n) is 2.48. The Kier molecular flexibility index (Phi) is 3.74. The molecule has 0 aromatic heterocycles. The van der Waals surface area contributed by atoms with Gasteiger partial charge in [0.15, 0.2) is 0 Å². The first-order valence-electron chi connectivity index (χ1n) is 5.66. The molecule has 1 N–H and O–H groups in total. The van der Waals surface area contributed by atoms with Crippen molar-refractivity contribution < 1.29 is 4.74 Å². The van der Waals surface area contributed by atoms with Gasteiger partial charge < -0.3 is 10.1 Å². The summed E-state index contributed by atoms with van der Waals surface area (Å²) >= 11 is 2.09. The number of ether oxygens (including phenoxy) is 1. The van der Waals surface area contributed by atoms with E-state index in [1.165, 1.54) is 30.8 Å². The molecule has 2 nitrogen and oxygen atoms in total. The highest BCUT2D eigenvalue weighted by Gasteiger charge is 2.30. The van der Waals surface area contributed by atoms with Gasteiger partial charge in [0.25, 0.3) is 0 Å². The van der Waals surface area contributed by atoms with Crippen LogP contribution in [0, 0.1) is 5.92 Å². The fraction of sp³-hybridized carbons (Fsp3) is 1.00. The summed E-state index contributed by atoms with van der Waals surface area (Å²) in [6.45, 7) is 2.36. The maximum Gasteiger partial charge on any atom is 0.0586 e. The minimum absolute atomic E-state index is 0.511. The van der Waals surface area contributed by atoms with Gasteiger partial charge in [-0.2, -0.15) is 11.8 Å². The van der Waals surface area contributed by atoms with Crippen molar-refractivity contribution in [1.29, 1.82) is 0 Å². The minimum atomic E-state index is 0.511. The second kappa shape index (κ2) is 4.86. The van der Waals surface area contributed by atoms with Crippen LogP contribution in [0.15, 0.2) is 0 Å². The molecule has 1 heterocycles. The summed E-state index contributed by atoms with van der Waals surface area (Å²) in [7, 11) is 1.83. The fourth-order valence-corrected chi connectivity index (χ4v) is 3.90. The Morgan fingerprint density at radius 2 is 2.14 bits per heavy atom. The van der Waals surface area contributed by atoms with E-state index in [1.54, 1.807) is 0 Å². The number of thioether (sulfide) groups is 1. The van der Waals surface area contributed by atoms with Crippen LogP contribution < -0.4 is 5.32 Å². The second-order valence-corrected chi connectivity index (χ2v) is 5.73. The molecule has 2 fully saturated rings. The summed E-state index contributed by atoms with van der Waals surface area (Å²) in [6, 6.07) is 1.46. The molecule has 2 aliphatic rings. The lowest BCUT2D eigenvalue weighted by Crippen LogP contribution is -2.40. The van der Waals surface area contributed by atoms with Crippen LogP contribution in [-0.4, -0.2) is 36.8 Å². The number of hydrogen-bond donors (Lipinski definition) is 1. The van der Waals surface area contributed by atoms with Crippen molar-refractivity contribution in [1.82, 2.24) is 5.32 Å². The molecule has 0 spiro atoms. The van der Waals surface area contributed by atoms with Gasteiger partial charge in [0.2, 0.25) is 0 Å². The summed E-state index contributed by atoms with van der Waals surface area (Å²) < 4.78 is 5.39. The van der Waals surface area contributed by atoms with Crippen LogP contribution in [-0.2, 0) is 4.74 Å². The van der Waals surface area contributed by atoms with Crippen LogP contribution in [0.4, 0.5) is 0 Å². The molecule has 0 aromatic carbocycles. The Bertz CT molecular complexity index is 188. The molecule has 3 heteroatoms. The molecule has 0 amide bonds. The van der Waals surface area contributed by atoms with Crippen molar-refractivity contribution in [3.05, 3.63) is 0 Å². The second-order valence-electron chi connectivity index (χ2n) is 4.66. The molecule has 0 bridgehead atoms. The van der Waals surface area contributed by atoms with Crippen molar-refractivity contribution in [3.8, 4) is 0 Å². The number of nitrogens with one attached hydrogen (secondary N) is 1. The molecule has 1 aliphatic heterocycles. The molecule has 1 saturated heterocycles. The topological polar surface area (TPSA) is 21.3 Å². The van der Waals surface area contributed by atoms with Crippen molar-refractivity contribution in [2.24, 2.45) is 5.92 Å². The summed E-state index contributed by atoms with van der Waals surface area (Å²) in [4.78, 5) is 0. The van der Waals surface area contributed by atoms with E-state index in [0.29, 0.717) is 12.1 Å². The Balaban J connectivity index is 1.75. The first-order chi connectivity index (χ1) is 6.79. The SMILES string of the molecule is COC1CCC(NC2CSCC2C)C1. The lowest BCUT2D eigenvalue weighted by atomic mass is 10.1. The molecule has 1 saturated carbocycles. The van der Waals surface area contributed by atoms with Crippen LogP contribution in [0.5, 0.6) is 0 Å². The van der Waals surface area contributed by atoms with Crippen molar-refractivity contribution >= 4 is 11.8 Å². The summed E-state index contributed by atoms with van der Waals surface area (Å²) in [5.41, 5.74) is 0. The van der Waals surface area contributed by atoms with E-state index in [2.05, 4.69) is 24.0 Å². The van der Waals surface area contributed by atoms with E-state index < -0.39 is 0 Å². The van der Waals surface area contributed by atoms with Crippen LogP contribution in [0.2, 0.25) is 0 Å². The summed E-state index contributed by atoms with van der Waals surface area (Å²) in [5, 5.41) is 3.79. The molecule has 0 radical (unpaired) electrons. The maximum absolute atomic E-state index is 5.39. The monoisotopic (exact) mass is 215 g/mol. The zero-order valence-electron chi connectivity index (χ0n) is 9.16. The number of methoxy groups -OCH3 is 1. The van der Waals surface area contributed by atoms with Crippen molar-refractivity contribution in [2.75, 3.05) is 18.6 Å². The first-order valence-corrected chi connectivity index (χ1v) is 6.81. The van der Waals surface area contributed by atoms with Gasteiger partial charge in [-0.1, -0.05) is 6.92 Å². The Morgan fingerprint density at radius 1 is 1.29 bits per heavy atom. The Labute approximate surface area is 91.2 Å². The average Bonchev–Trinajstić information content (AvgIpc) is 2.77. The quantitative estimate of drug-likeness (QED) is 0.777. The normalized spacial score (nSPS) is 43.3. The van der Waals surface area contributed by atoms with Gasteiger partial charge in [-0.05, 0) is 30.9 Å². The van der Waals surface area contributed by atoms with Crippen molar-refractivity contribution in [2.45, 2.75) is 44.4 Å². The van der Waals surface area contributed by atoms with Gasteiger partial charge in [-0.15, -0.1) is 0 Å². The zero-order valence-corrected chi connectivity index (χ0v) is 9.98. The third kappa shape index (κ3) is 2.44. The molecule has 0 aromatic rings. The van der Waals surface area contributed by atoms with Gasteiger partial charge in [-0.25, -0.2) is 0 Å². The van der Waals surface area contributed by atoms with E-state index in [9.17, 15) is 0 Å². The molecule has 14 heavy (non-hydrogen) atoms. The molecule has 4 atom stereocenters.